The molecule has 5 fully saturated rings. The Labute approximate surface area is 158 Å². The quantitative estimate of drug-likeness (QED) is 0.783. The Morgan fingerprint density at radius 3 is 1.92 bits per heavy atom. The van der Waals surface area contributed by atoms with Crippen LogP contribution in [0.3, 0.4) is 0 Å². The molecule has 5 aliphatic carbocycles. The van der Waals surface area contributed by atoms with Crippen molar-refractivity contribution in [2.24, 2.45) is 29.1 Å². The Balaban J connectivity index is 1.41. The SMILES string of the molecule is CC(C)[C@@H](NC(=O)C12CC3CC(CC(C3)C1)C2)C(=O)NC1CCCCC1. The van der Waals surface area contributed by atoms with Crippen LogP contribution in [0.2, 0.25) is 0 Å². The van der Waals surface area contributed by atoms with Crippen molar-refractivity contribution in [3.8, 4) is 0 Å². The van der Waals surface area contributed by atoms with Crippen LogP contribution < -0.4 is 10.6 Å². The van der Waals surface area contributed by atoms with Crippen LogP contribution in [0.25, 0.3) is 0 Å². The second-order valence-corrected chi connectivity index (χ2v) is 10.2. The molecule has 0 aromatic rings. The fourth-order valence-electron chi connectivity index (χ4n) is 6.76. The molecule has 0 saturated heterocycles. The summed E-state index contributed by atoms with van der Waals surface area (Å²) in [7, 11) is 0. The van der Waals surface area contributed by atoms with E-state index in [1.165, 1.54) is 38.5 Å². The molecule has 0 radical (unpaired) electrons. The van der Waals surface area contributed by atoms with E-state index >= 15 is 0 Å². The summed E-state index contributed by atoms with van der Waals surface area (Å²) >= 11 is 0. The summed E-state index contributed by atoms with van der Waals surface area (Å²) in [5, 5.41) is 6.44. The van der Waals surface area contributed by atoms with Gasteiger partial charge in [0.25, 0.3) is 0 Å². The van der Waals surface area contributed by atoms with E-state index in [-0.39, 0.29) is 23.1 Å². The van der Waals surface area contributed by atoms with Crippen molar-refractivity contribution in [1.29, 1.82) is 0 Å². The van der Waals surface area contributed by atoms with Crippen LogP contribution in [0.5, 0.6) is 0 Å². The van der Waals surface area contributed by atoms with Gasteiger partial charge < -0.3 is 10.6 Å². The molecule has 5 rings (SSSR count). The number of carbonyl (C=O) groups is 2. The molecule has 4 nitrogen and oxygen atoms in total. The van der Waals surface area contributed by atoms with Crippen molar-refractivity contribution >= 4 is 11.8 Å². The number of hydrogen-bond donors (Lipinski definition) is 2. The number of rotatable bonds is 5. The summed E-state index contributed by atoms with van der Waals surface area (Å²) in [5.41, 5.74) is -0.174. The Kier molecular flexibility index (Phi) is 5.04. The monoisotopic (exact) mass is 360 g/mol. The maximum absolute atomic E-state index is 13.3. The van der Waals surface area contributed by atoms with Crippen molar-refractivity contribution in [1.82, 2.24) is 10.6 Å². The molecule has 4 heteroatoms. The zero-order valence-electron chi connectivity index (χ0n) is 16.6. The Morgan fingerprint density at radius 2 is 1.42 bits per heavy atom. The molecule has 0 aromatic carbocycles. The fraction of sp³-hybridized carbons (Fsp3) is 0.909. The van der Waals surface area contributed by atoms with Crippen LogP contribution in [0.1, 0.15) is 84.5 Å². The number of carbonyl (C=O) groups excluding carboxylic acids is 2. The lowest BCUT2D eigenvalue weighted by atomic mass is 9.49. The summed E-state index contributed by atoms with van der Waals surface area (Å²) < 4.78 is 0. The largest absolute Gasteiger partial charge is 0.352 e. The molecule has 2 N–H and O–H groups in total. The zero-order chi connectivity index (χ0) is 18.3. The van der Waals surface area contributed by atoms with E-state index in [0.29, 0.717) is 6.04 Å². The van der Waals surface area contributed by atoms with Gasteiger partial charge in [-0.25, -0.2) is 0 Å². The van der Waals surface area contributed by atoms with E-state index in [2.05, 4.69) is 10.6 Å². The highest BCUT2D eigenvalue weighted by molar-refractivity contribution is 5.90. The molecular weight excluding hydrogens is 324 g/mol. The summed E-state index contributed by atoms with van der Waals surface area (Å²) in [6.07, 6.45) is 13.0. The third-order valence-electron chi connectivity index (χ3n) is 7.71. The first-order chi connectivity index (χ1) is 12.4. The van der Waals surface area contributed by atoms with Gasteiger partial charge in [-0.15, -0.1) is 0 Å². The maximum Gasteiger partial charge on any atom is 0.243 e. The van der Waals surface area contributed by atoms with Crippen LogP contribution in [-0.2, 0) is 9.59 Å². The normalized spacial score (nSPS) is 37.6. The average molecular weight is 361 g/mol. The molecule has 146 valence electrons. The fourth-order valence-corrected chi connectivity index (χ4v) is 6.76. The molecule has 0 spiro atoms. The van der Waals surface area contributed by atoms with Gasteiger partial charge in [-0.2, -0.15) is 0 Å². The lowest BCUT2D eigenvalue weighted by Crippen LogP contribution is -2.59. The number of amides is 2. The number of nitrogens with one attached hydrogen (secondary N) is 2. The van der Waals surface area contributed by atoms with E-state index in [1.54, 1.807) is 0 Å². The Morgan fingerprint density at radius 1 is 0.885 bits per heavy atom. The molecule has 0 aromatic heterocycles. The van der Waals surface area contributed by atoms with Crippen LogP contribution in [0.4, 0.5) is 0 Å². The first kappa shape index (κ1) is 18.3. The predicted molar refractivity (Wildman–Crippen MR) is 102 cm³/mol. The van der Waals surface area contributed by atoms with Crippen molar-refractivity contribution < 1.29 is 9.59 Å². The van der Waals surface area contributed by atoms with E-state index in [9.17, 15) is 9.59 Å². The van der Waals surface area contributed by atoms with Gasteiger partial charge >= 0.3 is 0 Å². The second kappa shape index (κ2) is 7.16. The van der Waals surface area contributed by atoms with Gasteiger partial charge in [0.2, 0.25) is 11.8 Å². The van der Waals surface area contributed by atoms with Crippen LogP contribution in [0.15, 0.2) is 0 Å². The molecule has 0 unspecified atom stereocenters. The number of hydrogen-bond acceptors (Lipinski definition) is 2. The van der Waals surface area contributed by atoms with Gasteiger partial charge in [0.15, 0.2) is 0 Å². The molecule has 1 atom stereocenters. The Bertz CT molecular complexity index is 515. The van der Waals surface area contributed by atoms with Crippen molar-refractivity contribution in [2.45, 2.75) is 96.6 Å². The van der Waals surface area contributed by atoms with E-state index in [1.807, 2.05) is 13.8 Å². The molecule has 2 amide bonds. The molecule has 0 heterocycles. The Hall–Kier alpha value is -1.06. The summed E-state index contributed by atoms with van der Waals surface area (Å²) in [4.78, 5) is 26.2. The van der Waals surface area contributed by atoms with Crippen LogP contribution >= 0.6 is 0 Å². The van der Waals surface area contributed by atoms with Crippen LogP contribution in [0, 0.1) is 29.1 Å². The van der Waals surface area contributed by atoms with Crippen molar-refractivity contribution in [2.75, 3.05) is 0 Å². The summed E-state index contributed by atoms with van der Waals surface area (Å²) in [6.45, 7) is 4.09. The zero-order valence-corrected chi connectivity index (χ0v) is 16.6. The minimum absolute atomic E-state index is 0.0324. The highest BCUT2D eigenvalue weighted by atomic mass is 16.2. The predicted octanol–water partition coefficient (Wildman–Crippen LogP) is 3.79. The summed E-state index contributed by atoms with van der Waals surface area (Å²) in [5.74, 6) is 2.58. The lowest BCUT2D eigenvalue weighted by Gasteiger charge is -2.55. The first-order valence-corrected chi connectivity index (χ1v) is 11.1. The second-order valence-electron chi connectivity index (χ2n) is 10.2. The highest BCUT2D eigenvalue weighted by Gasteiger charge is 2.55. The molecule has 5 saturated carbocycles. The van der Waals surface area contributed by atoms with E-state index < -0.39 is 6.04 Å². The molecule has 4 bridgehead atoms. The van der Waals surface area contributed by atoms with Crippen molar-refractivity contribution in [3.05, 3.63) is 0 Å². The third kappa shape index (κ3) is 3.53. The van der Waals surface area contributed by atoms with Gasteiger partial charge in [0, 0.05) is 11.5 Å². The molecule has 0 aliphatic heterocycles. The van der Waals surface area contributed by atoms with Gasteiger partial charge in [-0.3, -0.25) is 9.59 Å². The third-order valence-corrected chi connectivity index (χ3v) is 7.71. The minimum atomic E-state index is -0.391. The summed E-state index contributed by atoms with van der Waals surface area (Å²) in [6, 6.07) is -0.0913. The maximum atomic E-state index is 13.3. The minimum Gasteiger partial charge on any atom is -0.352 e. The molecule has 5 aliphatic rings. The van der Waals surface area contributed by atoms with Gasteiger partial charge in [0.1, 0.15) is 6.04 Å². The van der Waals surface area contributed by atoms with Gasteiger partial charge in [0.05, 0.1) is 0 Å². The van der Waals surface area contributed by atoms with E-state index in [4.69, 9.17) is 0 Å². The smallest absolute Gasteiger partial charge is 0.243 e. The van der Waals surface area contributed by atoms with Gasteiger partial charge in [-0.05, 0) is 75.0 Å². The van der Waals surface area contributed by atoms with Crippen molar-refractivity contribution in [3.63, 3.8) is 0 Å². The molecular formula is C22H36N2O2. The lowest BCUT2D eigenvalue weighted by molar-refractivity contribution is -0.149. The van der Waals surface area contributed by atoms with Gasteiger partial charge in [-0.1, -0.05) is 33.1 Å². The standard InChI is InChI=1S/C22H36N2O2/c1-14(2)19(20(25)23-18-6-4-3-5-7-18)24-21(26)22-11-15-8-16(12-22)10-17(9-15)13-22/h14-19H,3-13H2,1-2H3,(H,23,25)(H,24,26)/t15?,16?,17?,19-,22?/m1/s1. The first-order valence-electron chi connectivity index (χ1n) is 11.1. The average Bonchev–Trinajstić information content (AvgIpc) is 2.58. The van der Waals surface area contributed by atoms with Crippen LogP contribution in [-0.4, -0.2) is 23.9 Å². The molecule has 26 heavy (non-hydrogen) atoms. The highest BCUT2D eigenvalue weighted by Crippen LogP contribution is 2.60. The van der Waals surface area contributed by atoms with E-state index in [0.717, 1.165) is 49.9 Å². The topological polar surface area (TPSA) is 58.2 Å².